The van der Waals surface area contributed by atoms with Crippen LogP contribution in [0.3, 0.4) is 0 Å². The summed E-state index contributed by atoms with van der Waals surface area (Å²) in [4.78, 5) is 18.6. The number of likely N-dealkylation sites (tertiary alicyclic amines) is 1. The molecule has 1 heterocycles. The van der Waals surface area contributed by atoms with Crippen molar-refractivity contribution < 1.29 is 4.79 Å². The predicted octanol–water partition coefficient (Wildman–Crippen LogP) is 7.72. The Hall–Kier alpha value is -2.57. The summed E-state index contributed by atoms with van der Waals surface area (Å²) < 4.78 is 0. The first-order valence-corrected chi connectivity index (χ1v) is 14.7. The van der Waals surface area contributed by atoms with E-state index in [0.717, 1.165) is 62.2 Å². The Balaban J connectivity index is 1.72. The van der Waals surface area contributed by atoms with E-state index < -0.39 is 0 Å². The molecule has 1 aliphatic rings. The van der Waals surface area contributed by atoms with Crippen molar-refractivity contribution in [2.45, 2.75) is 98.1 Å². The van der Waals surface area contributed by atoms with Crippen LogP contribution in [-0.4, -0.2) is 41.4 Å². The highest BCUT2D eigenvalue weighted by Gasteiger charge is 2.28. The average molecular weight is 501 g/mol. The molecule has 0 unspecified atom stereocenters. The molecule has 37 heavy (non-hydrogen) atoms. The third-order valence-electron chi connectivity index (χ3n) is 7.47. The summed E-state index contributed by atoms with van der Waals surface area (Å²) in [5, 5.41) is 0. The molecule has 0 N–H and O–H groups in total. The van der Waals surface area contributed by atoms with E-state index in [9.17, 15) is 4.79 Å². The molecule has 0 radical (unpaired) electrons. The van der Waals surface area contributed by atoms with Crippen molar-refractivity contribution in [1.29, 1.82) is 0 Å². The van der Waals surface area contributed by atoms with Crippen LogP contribution in [0.2, 0.25) is 0 Å². The van der Waals surface area contributed by atoms with E-state index in [-0.39, 0.29) is 11.9 Å². The second kappa shape index (κ2) is 15.6. The Morgan fingerprint density at radius 2 is 1.62 bits per heavy atom. The first kappa shape index (κ1) is 29.0. The lowest BCUT2D eigenvalue weighted by atomic mass is 9.99. The standard InChI is InChI=1S/C34H48N2O/c1-5-7-9-11-29-13-15-31(16-14-29)27-36(33-22-25-35(26-23-33)24-21-28(3)4)34(37)32-19-17-30(18-20-32)12-10-8-6-2/h13-20,28,33H,5-8,10,12,21-27H2,1-4H3. The molecule has 1 fully saturated rings. The highest BCUT2D eigenvalue weighted by atomic mass is 16.2. The van der Waals surface area contributed by atoms with Crippen molar-refractivity contribution in [3.8, 4) is 11.8 Å². The molecule has 3 heteroatoms. The van der Waals surface area contributed by atoms with Gasteiger partial charge in [0.25, 0.3) is 5.91 Å². The number of hydrogen-bond donors (Lipinski definition) is 0. The van der Waals surface area contributed by atoms with E-state index in [1.165, 1.54) is 43.4 Å². The Bertz CT molecular complexity index is 989. The largest absolute Gasteiger partial charge is 0.331 e. The van der Waals surface area contributed by atoms with Crippen LogP contribution in [0.15, 0.2) is 48.5 Å². The molecule has 0 aliphatic carbocycles. The number of hydrogen-bond acceptors (Lipinski definition) is 2. The highest BCUT2D eigenvalue weighted by Crippen LogP contribution is 2.23. The SMILES string of the molecule is CCCC#Cc1ccc(CN(C(=O)c2ccc(CCCCC)cc2)C2CCN(CCC(C)C)CC2)cc1. The van der Waals surface area contributed by atoms with Gasteiger partial charge in [0.15, 0.2) is 0 Å². The van der Waals surface area contributed by atoms with E-state index in [1.807, 2.05) is 12.1 Å². The van der Waals surface area contributed by atoms with Gasteiger partial charge in [-0.15, -0.1) is 0 Å². The van der Waals surface area contributed by atoms with E-state index in [0.29, 0.717) is 6.54 Å². The van der Waals surface area contributed by atoms with Crippen molar-refractivity contribution in [3.63, 3.8) is 0 Å². The van der Waals surface area contributed by atoms with Crippen molar-refractivity contribution in [2.24, 2.45) is 5.92 Å². The minimum atomic E-state index is 0.160. The molecular formula is C34H48N2O. The van der Waals surface area contributed by atoms with Crippen molar-refractivity contribution in [2.75, 3.05) is 19.6 Å². The fraction of sp³-hybridized carbons (Fsp3) is 0.559. The first-order valence-electron chi connectivity index (χ1n) is 14.7. The first-order chi connectivity index (χ1) is 18.0. The number of piperidine rings is 1. The number of amides is 1. The van der Waals surface area contributed by atoms with Gasteiger partial charge in [-0.05, 0) is 86.4 Å². The molecule has 0 bridgehead atoms. The summed E-state index contributed by atoms with van der Waals surface area (Å²) in [5.41, 5.74) is 4.36. The van der Waals surface area contributed by atoms with Crippen molar-refractivity contribution in [1.82, 2.24) is 9.80 Å². The van der Waals surface area contributed by atoms with Crippen LogP contribution in [0, 0.1) is 17.8 Å². The quantitative estimate of drug-likeness (QED) is 0.220. The smallest absolute Gasteiger partial charge is 0.254 e. The maximum absolute atomic E-state index is 13.8. The number of carbonyl (C=O) groups is 1. The summed E-state index contributed by atoms with van der Waals surface area (Å²) in [6.45, 7) is 12.9. The molecule has 0 atom stereocenters. The lowest BCUT2D eigenvalue weighted by Crippen LogP contribution is -2.47. The highest BCUT2D eigenvalue weighted by molar-refractivity contribution is 5.94. The second-order valence-electron chi connectivity index (χ2n) is 11.1. The fourth-order valence-corrected chi connectivity index (χ4v) is 5.00. The van der Waals surface area contributed by atoms with Gasteiger partial charge in [-0.3, -0.25) is 4.79 Å². The van der Waals surface area contributed by atoms with Crippen molar-refractivity contribution >= 4 is 5.91 Å². The molecule has 0 spiro atoms. The van der Waals surface area contributed by atoms with Crippen LogP contribution >= 0.6 is 0 Å². The molecular weight excluding hydrogens is 452 g/mol. The van der Waals surface area contributed by atoms with Gasteiger partial charge < -0.3 is 9.80 Å². The Morgan fingerprint density at radius 3 is 2.24 bits per heavy atom. The molecule has 1 amide bonds. The number of aryl methyl sites for hydroxylation is 1. The number of nitrogens with zero attached hydrogens (tertiary/aromatic N) is 2. The van der Waals surface area contributed by atoms with Gasteiger partial charge in [0.1, 0.15) is 0 Å². The molecule has 3 rings (SSSR count). The normalized spacial score (nSPS) is 14.4. The fourth-order valence-electron chi connectivity index (χ4n) is 5.00. The molecule has 200 valence electrons. The Kier molecular flexibility index (Phi) is 12.2. The van der Waals surface area contributed by atoms with Crippen LogP contribution < -0.4 is 0 Å². The monoisotopic (exact) mass is 500 g/mol. The van der Waals surface area contributed by atoms with E-state index >= 15 is 0 Å². The molecule has 1 aliphatic heterocycles. The zero-order chi connectivity index (χ0) is 26.5. The molecule has 2 aromatic carbocycles. The van der Waals surface area contributed by atoms with Gasteiger partial charge in [-0.2, -0.15) is 0 Å². The van der Waals surface area contributed by atoms with Crippen LogP contribution in [0.25, 0.3) is 0 Å². The predicted molar refractivity (Wildman–Crippen MR) is 157 cm³/mol. The van der Waals surface area contributed by atoms with Gasteiger partial charge in [0.2, 0.25) is 0 Å². The van der Waals surface area contributed by atoms with Crippen LogP contribution in [0.5, 0.6) is 0 Å². The minimum Gasteiger partial charge on any atom is -0.331 e. The Morgan fingerprint density at radius 1 is 0.946 bits per heavy atom. The maximum atomic E-state index is 13.8. The van der Waals surface area contributed by atoms with Crippen molar-refractivity contribution in [3.05, 3.63) is 70.8 Å². The number of benzene rings is 2. The summed E-state index contributed by atoms with van der Waals surface area (Å²) in [6, 6.07) is 17.1. The third-order valence-corrected chi connectivity index (χ3v) is 7.47. The summed E-state index contributed by atoms with van der Waals surface area (Å²) in [6.07, 6.45) is 10.1. The van der Waals surface area contributed by atoms with Gasteiger partial charge >= 0.3 is 0 Å². The van der Waals surface area contributed by atoms with Crippen LogP contribution in [0.1, 0.15) is 106 Å². The molecule has 2 aromatic rings. The minimum absolute atomic E-state index is 0.160. The number of rotatable bonds is 12. The van der Waals surface area contributed by atoms with Gasteiger partial charge in [-0.25, -0.2) is 0 Å². The second-order valence-corrected chi connectivity index (χ2v) is 11.1. The van der Waals surface area contributed by atoms with Crippen LogP contribution in [-0.2, 0) is 13.0 Å². The van der Waals surface area contributed by atoms with Gasteiger partial charge in [-0.1, -0.05) is 76.6 Å². The maximum Gasteiger partial charge on any atom is 0.254 e. The average Bonchev–Trinajstić information content (AvgIpc) is 2.92. The van der Waals surface area contributed by atoms with Crippen LogP contribution in [0.4, 0.5) is 0 Å². The van der Waals surface area contributed by atoms with Gasteiger partial charge in [0.05, 0.1) is 0 Å². The number of carbonyl (C=O) groups excluding carboxylic acids is 1. The lowest BCUT2D eigenvalue weighted by molar-refractivity contribution is 0.0546. The molecule has 3 nitrogen and oxygen atoms in total. The topological polar surface area (TPSA) is 23.6 Å². The van der Waals surface area contributed by atoms with E-state index in [4.69, 9.17) is 0 Å². The lowest BCUT2D eigenvalue weighted by Gasteiger charge is -2.39. The van der Waals surface area contributed by atoms with E-state index in [1.54, 1.807) is 0 Å². The third kappa shape index (κ3) is 9.67. The molecule has 0 saturated carbocycles. The van der Waals surface area contributed by atoms with E-state index in [2.05, 4.69) is 85.7 Å². The summed E-state index contributed by atoms with van der Waals surface area (Å²) in [7, 11) is 0. The zero-order valence-electron chi connectivity index (χ0n) is 23.8. The molecule has 0 aromatic heterocycles. The summed E-state index contributed by atoms with van der Waals surface area (Å²) in [5.74, 6) is 7.37. The zero-order valence-corrected chi connectivity index (χ0v) is 23.8. The number of unbranched alkanes of at least 4 members (excludes halogenated alkanes) is 3. The Labute approximate surface area is 226 Å². The molecule has 1 saturated heterocycles. The van der Waals surface area contributed by atoms with Gasteiger partial charge in [0, 0.05) is 43.2 Å². The summed E-state index contributed by atoms with van der Waals surface area (Å²) >= 11 is 0.